The highest BCUT2D eigenvalue weighted by Gasteiger charge is 2.39. The van der Waals surface area contributed by atoms with Crippen LogP contribution in [0.4, 0.5) is 0 Å². The van der Waals surface area contributed by atoms with E-state index in [1.165, 1.54) is 0 Å². The lowest BCUT2D eigenvalue weighted by Crippen LogP contribution is -2.41. The van der Waals surface area contributed by atoms with Crippen molar-refractivity contribution in [1.82, 2.24) is 0 Å². The molecule has 1 aliphatic carbocycles. The fraction of sp³-hybridized carbons (Fsp3) is 1.00. The van der Waals surface area contributed by atoms with Crippen molar-refractivity contribution in [3.8, 4) is 0 Å². The maximum atomic E-state index is 9.94. The molecule has 0 aromatic carbocycles. The van der Waals surface area contributed by atoms with Gasteiger partial charge in [0.15, 0.2) is 0 Å². The molecular formula is C5H10NOP. The van der Waals surface area contributed by atoms with E-state index in [4.69, 9.17) is 0 Å². The van der Waals surface area contributed by atoms with E-state index in [9.17, 15) is 4.91 Å². The van der Waals surface area contributed by atoms with Gasteiger partial charge in [-0.1, -0.05) is 12.1 Å². The fourth-order valence-electron chi connectivity index (χ4n) is 0.902. The van der Waals surface area contributed by atoms with Gasteiger partial charge < -0.3 is 0 Å². The molecule has 1 rings (SSSR count). The van der Waals surface area contributed by atoms with Crippen molar-refractivity contribution in [1.29, 1.82) is 0 Å². The summed E-state index contributed by atoms with van der Waals surface area (Å²) in [6, 6.07) is 0.0625. The second-order valence-electron chi connectivity index (χ2n) is 2.67. The molecule has 0 aromatic heterocycles. The summed E-state index contributed by atoms with van der Waals surface area (Å²) in [6.07, 6.45) is 2.09. The third-order valence-electron chi connectivity index (χ3n) is 1.84. The molecule has 0 amide bonds. The Labute approximate surface area is 51.2 Å². The standard InChI is InChI=1S/C5H10NOP/c1-5(8)3-2-4(5)6-7/h4H,2-3,8H2,1H3. The van der Waals surface area contributed by atoms with Crippen molar-refractivity contribution in [2.45, 2.75) is 31.0 Å². The number of rotatable bonds is 1. The average molecular weight is 131 g/mol. The van der Waals surface area contributed by atoms with Gasteiger partial charge in [0.25, 0.3) is 0 Å². The van der Waals surface area contributed by atoms with Gasteiger partial charge in [-0.15, -0.1) is 9.24 Å². The quantitative estimate of drug-likeness (QED) is 0.392. The topological polar surface area (TPSA) is 29.4 Å². The predicted molar refractivity (Wildman–Crippen MR) is 36.9 cm³/mol. The average Bonchev–Trinajstić information content (AvgIpc) is 1.66. The smallest absolute Gasteiger partial charge is 0.101 e. The van der Waals surface area contributed by atoms with E-state index in [0.717, 1.165) is 12.8 Å². The van der Waals surface area contributed by atoms with Crippen LogP contribution in [0.25, 0.3) is 0 Å². The zero-order valence-electron chi connectivity index (χ0n) is 4.92. The molecule has 2 nitrogen and oxygen atoms in total. The normalized spacial score (nSPS) is 45.5. The van der Waals surface area contributed by atoms with Gasteiger partial charge in [0, 0.05) is 5.16 Å². The molecule has 1 saturated carbocycles. The molecule has 0 radical (unpaired) electrons. The van der Waals surface area contributed by atoms with Crippen molar-refractivity contribution < 1.29 is 0 Å². The number of hydrogen-bond acceptors (Lipinski definition) is 2. The third-order valence-corrected chi connectivity index (χ3v) is 2.52. The summed E-state index contributed by atoms with van der Waals surface area (Å²) >= 11 is 0. The Morgan fingerprint density at radius 2 is 2.50 bits per heavy atom. The Morgan fingerprint density at radius 3 is 2.50 bits per heavy atom. The highest BCUT2D eigenvalue weighted by Crippen LogP contribution is 2.41. The van der Waals surface area contributed by atoms with Crippen molar-refractivity contribution in [3.05, 3.63) is 4.91 Å². The van der Waals surface area contributed by atoms with Crippen LogP contribution in [0.5, 0.6) is 0 Å². The zero-order valence-corrected chi connectivity index (χ0v) is 6.08. The van der Waals surface area contributed by atoms with Gasteiger partial charge in [-0.05, 0) is 12.8 Å². The van der Waals surface area contributed by atoms with Crippen molar-refractivity contribution in [2.24, 2.45) is 5.18 Å². The Kier molecular flexibility index (Phi) is 1.36. The number of hydrogen-bond donors (Lipinski definition) is 0. The minimum absolute atomic E-state index is 0.0625. The molecule has 1 aliphatic rings. The van der Waals surface area contributed by atoms with Gasteiger partial charge in [-0.3, -0.25) is 0 Å². The van der Waals surface area contributed by atoms with Crippen molar-refractivity contribution in [3.63, 3.8) is 0 Å². The van der Waals surface area contributed by atoms with E-state index in [1.807, 2.05) is 6.92 Å². The number of nitroso groups, excluding NO2 is 1. The molecule has 1 fully saturated rings. The first-order valence-corrected chi connectivity index (χ1v) is 3.36. The van der Waals surface area contributed by atoms with E-state index < -0.39 is 0 Å². The first kappa shape index (κ1) is 6.15. The number of nitrogens with zero attached hydrogens (tertiary/aromatic N) is 1. The monoisotopic (exact) mass is 131 g/mol. The van der Waals surface area contributed by atoms with E-state index in [1.54, 1.807) is 0 Å². The van der Waals surface area contributed by atoms with Crippen LogP contribution in [0.2, 0.25) is 0 Å². The van der Waals surface area contributed by atoms with Crippen molar-refractivity contribution >= 4 is 9.24 Å². The maximum Gasteiger partial charge on any atom is 0.101 e. The summed E-state index contributed by atoms with van der Waals surface area (Å²) < 4.78 is 0. The first-order valence-electron chi connectivity index (χ1n) is 2.78. The summed E-state index contributed by atoms with van der Waals surface area (Å²) in [6.45, 7) is 2.05. The van der Waals surface area contributed by atoms with Crippen LogP contribution in [0.15, 0.2) is 5.18 Å². The van der Waals surface area contributed by atoms with Crippen LogP contribution < -0.4 is 0 Å². The third kappa shape index (κ3) is 0.775. The Bertz CT molecular complexity index is 113. The Morgan fingerprint density at radius 1 is 1.88 bits per heavy atom. The molecule has 0 aromatic rings. The highest BCUT2D eigenvalue weighted by atomic mass is 31.0. The molecule has 0 saturated heterocycles. The lowest BCUT2D eigenvalue weighted by Gasteiger charge is -2.38. The van der Waals surface area contributed by atoms with Gasteiger partial charge in [-0.25, -0.2) is 0 Å². The van der Waals surface area contributed by atoms with E-state index in [0.29, 0.717) is 0 Å². The molecular weight excluding hydrogens is 121 g/mol. The van der Waals surface area contributed by atoms with E-state index >= 15 is 0 Å². The second kappa shape index (κ2) is 1.77. The highest BCUT2D eigenvalue weighted by molar-refractivity contribution is 7.19. The largest absolute Gasteiger partial charge is 0.150 e. The summed E-state index contributed by atoms with van der Waals surface area (Å²) in [7, 11) is 2.67. The van der Waals surface area contributed by atoms with Crippen LogP contribution >= 0.6 is 9.24 Å². The summed E-state index contributed by atoms with van der Waals surface area (Å²) in [5.41, 5.74) is 0. The van der Waals surface area contributed by atoms with Crippen LogP contribution in [-0.2, 0) is 0 Å². The Balaban J connectivity index is 2.49. The lowest BCUT2D eigenvalue weighted by atomic mass is 9.81. The minimum Gasteiger partial charge on any atom is -0.150 e. The minimum atomic E-state index is 0.0625. The maximum absolute atomic E-state index is 9.94. The van der Waals surface area contributed by atoms with Gasteiger partial charge >= 0.3 is 0 Å². The molecule has 0 spiro atoms. The van der Waals surface area contributed by atoms with Crippen LogP contribution in [0.3, 0.4) is 0 Å². The lowest BCUT2D eigenvalue weighted by molar-refractivity contribution is 0.323. The van der Waals surface area contributed by atoms with Crippen LogP contribution in [0, 0.1) is 4.91 Å². The van der Waals surface area contributed by atoms with E-state index in [-0.39, 0.29) is 11.2 Å². The molecule has 3 heteroatoms. The zero-order chi connectivity index (χ0) is 6.20. The molecule has 0 N–H and O–H groups in total. The second-order valence-corrected chi connectivity index (χ2v) is 3.98. The van der Waals surface area contributed by atoms with Gasteiger partial charge in [0.2, 0.25) is 0 Å². The summed E-state index contributed by atoms with van der Waals surface area (Å²) in [5.74, 6) is 0. The summed E-state index contributed by atoms with van der Waals surface area (Å²) in [4.78, 5) is 9.94. The predicted octanol–water partition coefficient (Wildman–Crippen LogP) is 1.55. The van der Waals surface area contributed by atoms with E-state index in [2.05, 4.69) is 14.4 Å². The SMILES string of the molecule is CC1(P)CCC1N=O. The fourth-order valence-corrected chi connectivity index (χ4v) is 1.30. The molecule has 0 bridgehead atoms. The molecule has 3 atom stereocenters. The molecule has 0 aliphatic heterocycles. The molecule has 8 heavy (non-hydrogen) atoms. The Hall–Kier alpha value is 0.0300. The van der Waals surface area contributed by atoms with Crippen LogP contribution in [-0.4, -0.2) is 11.2 Å². The van der Waals surface area contributed by atoms with Gasteiger partial charge in [-0.2, -0.15) is 4.91 Å². The molecule has 3 unspecified atom stereocenters. The first-order chi connectivity index (χ1) is 3.67. The molecule has 0 heterocycles. The van der Waals surface area contributed by atoms with Gasteiger partial charge in [0.1, 0.15) is 6.04 Å². The summed E-state index contributed by atoms with van der Waals surface area (Å²) in [5, 5.41) is 3.10. The molecule has 46 valence electrons. The van der Waals surface area contributed by atoms with Gasteiger partial charge in [0.05, 0.1) is 0 Å². The van der Waals surface area contributed by atoms with Crippen LogP contribution in [0.1, 0.15) is 19.8 Å². The van der Waals surface area contributed by atoms with Crippen molar-refractivity contribution in [2.75, 3.05) is 0 Å².